The molecule has 4 heterocycles. The lowest BCUT2D eigenvalue weighted by Gasteiger charge is -2.39. The number of methoxy groups -OCH3 is 1. The van der Waals surface area contributed by atoms with Gasteiger partial charge in [-0.2, -0.15) is 0 Å². The Morgan fingerprint density at radius 3 is 2.31 bits per heavy atom. The number of para-hydroxylation sites is 1. The van der Waals surface area contributed by atoms with Crippen LogP contribution < -0.4 is 14.2 Å². The number of ketones is 1. The number of hydrogen-bond donors (Lipinski definition) is 1. The normalized spacial score (nSPS) is 29.3. The predicted octanol–water partition coefficient (Wildman–Crippen LogP) is 4.03. The molecule has 7 rings (SSSR count). The molecule has 0 unspecified atom stereocenters. The Morgan fingerprint density at radius 1 is 0.889 bits per heavy atom. The van der Waals surface area contributed by atoms with Crippen LogP contribution in [0, 0.1) is 0 Å². The highest BCUT2D eigenvalue weighted by Gasteiger charge is 2.81. The van der Waals surface area contributed by atoms with Gasteiger partial charge in [-0.15, -0.1) is 0 Å². The number of aliphatic hydroxyl groups is 1. The summed E-state index contributed by atoms with van der Waals surface area (Å²) in [5.41, 5.74) is -1.34. The fourth-order valence-electron chi connectivity index (χ4n) is 6.30. The first-order valence-corrected chi connectivity index (χ1v) is 11.8. The van der Waals surface area contributed by atoms with E-state index < -0.39 is 29.1 Å². The molecule has 0 bridgehead atoms. The highest BCUT2D eigenvalue weighted by Crippen LogP contribution is 2.68. The quantitative estimate of drug-likeness (QED) is 0.475. The van der Waals surface area contributed by atoms with Crippen LogP contribution in [0.2, 0.25) is 0 Å². The second kappa shape index (κ2) is 7.38. The van der Waals surface area contributed by atoms with Gasteiger partial charge in [0, 0.05) is 35.4 Å². The molecule has 3 aliphatic rings. The molecule has 1 fully saturated rings. The Hall–Kier alpha value is -4.23. The van der Waals surface area contributed by atoms with Gasteiger partial charge in [-0.1, -0.05) is 24.3 Å². The largest absolute Gasteiger partial charge is 0.497 e. The molecule has 7 nitrogen and oxygen atoms in total. The van der Waals surface area contributed by atoms with Gasteiger partial charge in [-0.3, -0.25) is 14.8 Å². The van der Waals surface area contributed by atoms with Crippen LogP contribution in [0.25, 0.3) is 0 Å². The third kappa shape index (κ3) is 2.48. The van der Waals surface area contributed by atoms with Crippen molar-refractivity contribution >= 4 is 5.78 Å². The van der Waals surface area contributed by atoms with Crippen LogP contribution >= 0.6 is 0 Å². The van der Waals surface area contributed by atoms with Gasteiger partial charge >= 0.3 is 0 Å². The van der Waals surface area contributed by atoms with Crippen molar-refractivity contribution in [1.82, 2.24) is 9.97 Å². The number of aromatic nitrogens is 2. The number of carbonyl (C=O) groups excluding carboxylic acids is 1. The molecule has 2 aromatic heterocycles. The molecule has 2 aliphatic heterocycles. The van der Waals surface area contributed by atoms with Crippen LogP contribution in [0.3, 0.4) is 0 Å². The average molecular weight is 479 g/mol. The maximum atomic E-state index is 14.4. The molecule has 1 aliphatic carbocycles. The summed E-state index contributed by atoms with van der Waals surface area (Å²) in [4.78, 5) is 23.7. The SMILES string of the molecule is COc1ccc2c(c1)O[C@@H]1[C@@H](c3ccccn3)[C@H](c3ccccn3)[C@]3(Oc4ccccc4C3=O)[C@]21O. The van der Waals surface area contributed by atoms with Crippen LogP contribution in [-0.4, -0.2) is 39.7 Å². The second-order valence-corrected chi connectivity index (χ2v) is 9.34. The Kier molecular flexibility index (Phi) is 4.32. The zero-order chi connectivity index (χ0) is 24.5. The van der Waals surface area contributed by atoms with E-state index in [1.165, 1.54) is 0 Å². The summed E-state index contributed by atoms with van der Waals surface area (Å²) in [5.74, 6) is -0.0503. The summed E-state index contributed by atoms with van der Waals surface area (Å²) in [6, 6.07) is 23.5. The summed E-state index contributed by atoms with van der Waals surface area (Å²) in [6.45, 7) is 0. The summed E-state index contributed by atoms with van der Waals surface area (Å²) < 4.78 is 18.5. The van der Waals surface area contributed by atoms with E-state index >= 15 is 0 Å². The van der Waals surface area contributed by atoms with Crippen molar-refractivity contribution in [2.24, 2.45) is 0 Å². The Morgan fingerprint density at radius 2 is 1.61 bits per heavy atom. The Bertz CT molecular complexity index is 1490. The van der Waals surface area contributed by atoms with E-state index in [4.69, 9.17) is 14.2 Å². The third-order valence-corrected chi connectivity index (χ3v) is 7.73. The van der Waals surface area contributed by atoms with Gasteiger partial charge in [0.2, 0.25) is 11.4 Å². The zero-order valence-electron chi connectivity index (χ0n) is 19.4. The third-order valence-electron chi connectivity index (χ3n) is 7.73. The average Bonchev–Trinajstić information content (AvgIpc) is 3.48. The molecule has 0 saturated heterocycles. The highest BCUT2D eigenvalue weighted by atomic mass is 16.6. The van der Waals surface area contributed by atoms with Crippen LogP contribution in [0.4, 0.5) is 0 Å². The lowest BCUT2D eigenvalue weighted by atomic mass is 9.71. The number of Topliss-reactive ketones (excluding diaryl/α,β-unsaturated/α-hetero) is 1. The number of hydrogen-bond acceptors (Lipinski definition) is 7. The van der Waals surface area contributed by atoms with Crippen LogP contribution in [0.15, 0.2) is 91.3 Å². The maximum Gasteiger partial charge on any atom is 0.217 e. The van der Waals surface area contributed by atoms with E-state index in [2.05, 4.69) is 9.97 Å². The van der Waals surface area contributed by atoms with Crippen molar-refractivity contribution in [3.05, 3.63) is 114 Å². The minimum absolute atomic E-state index is 0.299. The molecule has 178 valence electrons. The first kappa shape index (κ1) is 21.1. The monoisotopic (exact) mass is 478 g/mol. The minimum atomic E-state index is -1.82. The first-order valence-electron chi connectivity index (χ1n) is 11.8. The van der Waals surface area contributed by atoms with Crippen molar-refractivity contribution in [2.45, 2.75) is 29.1 Å². The van der Waals surface area contributed by atoms with E-state index in [1.807, 2.05) is 42.5 Å². The molecule has 1 spiro atoms. The second-order valence-electron chi connectivity index (χ2n) is 9.34. The van der Waals surface area contributed by atoms with Gasteiger partial charge in [0.1, 0.15) is 23.4 Å². The minimum Gasteiger partial charge on any atom is -0.497 e. The number of benzene rings is 2. The molecule has 0 radical (unpaired) electrons. The van der Waals surface area contributed by atoms with E-state index in [0.717, 1.165) is 0 Å². The number of rotatable bonds is 3. The number of ether oxygens (including phenoxy) is 3. The van der Waals surface area contributed by atoms with Crippen LogP contribution in [0.5, 0.6) is 17.2 Å². The van der Waals surface area contributed by atoms with Crippen molar-refractivity contribution in [3.63, 3.8) is 0 Å². The van der Waals surface area contributed by atoms with Gasteiger partial charge in [-0.05, 0) is 48.5 Å². The number of fused-ring (bicyclic) bond motifs is 5. The van der Waals surface area contributed by atoms with Crippen LogP contribution in [0.1, 0.15) is 39.1 Å². The van der Waals surface area contributed by atoms with Gasteiger partial charge in [0.05, 0.1) is 24.5 Å². The molecular formula is C29H22N2O5. The number of nitrogens with zero attached hydrogens (tertiary/aromatic N) is 2. The summed E-state index contributed by atoms with van der Waals surface area (Å²) in [6.07, 6.45) is 2.52. The number of carbonyl (C=O) groups is 1. The number of pyridine rings is 2. The first-order chi connectivity index (χ1) is 17.6. The lowest BCUT2D eigenvalue weighted by molar-refractivity contribution is -0.119. The summed E-state index contributed by atoms with van der Waals surface area (Å²) >= 11 is 0. The molecule has 4 aromatic rings. The van der Waals surface area contributed by atoms with Gasteiger partial charge in [-0.25, -0.2) is 0 Å². The fraction of sp³-hybridized carbons (Fsp3) is 0.207. The zero-order valence-corrected chi connectivity index (χ0v) is 19.4. The maximum absolute atomic E-state index is 14.4. The molecule has 2 aromatic carbocycles. The molecule has 0 amide bonds. The molecule has 1 N–H and O–H groups in total. The van der Waals surface area contributed by atoms with Crippen molar-refractivity contribution in [1.29, 1.82) is 0 Å². The van der Waals surface area contributed by atoms with E-state index in [0.29, 0.717) is 39.8 Å². The van der Waals surface area contributed by atoms with E-state index in [1.54, 1.807) is 55.9 Å². The van der Waals surface area contributed by atoms with Gasteiger partial charge < -0.3 is 19.3 Å². The smallest absolute Gasteiger partial charge is 0.217 e. The van der Waals surface area contributed by atoms with Crippen LogP contribution in [-0.2, 0) is 5.60 Å². The van der Waals surface area contributed by atoms with E-state index in [9.17, 15) is 9.90 Å². The lowest BCUT2D eigenvalue weighted by Crippen LogP contribution is -2.60. The summed E-state index contributed by atoms with van der Waals surface area (Å²) in [7, 11) is 1.57. The van der Waals surface area contributed by atoms with E-state index in [-0.39, 0.29) is 5.78 Å². The standard InChI is InChI=1S/C29H22N2O5/c1-34-17-12-13-19-23(16-17)35-27-24(20-9-4-6-14-30-20)25(21-10-5-7-15-31-21)29(28(19,27)33)26(32)18-8-2-3-11-22(18)36-29/h2-16,24-25,27,33H,1H3/t24-,25-,27+,28-,29+/m0/s1. The Labute approximate surface area is 207 Å². The molecule has 7 heteroatoms. The topological polar surface area (TPSA) is 90.8 Å². The van der Waals surface area contributed by atoms with Crippen molar-refractivity contribution in [3.8, 4) is 17.2 Å². The Balaban J connectivity index is 1.56. The molecule has 36 heavy (non-hydrogen) atoms. The summed E-state index contributed by atoms with van der Waals surface area (Å²) in [5, 5.41) is 12.8. The fourth-order valence-corrected chi connectivity index (χ4v) is 6.30. The predicted molar refractivity (Wildman–Crippen MR) is 129 cm³/mol. The van der Waals surface area contributed by atoms with Crippen molar-refractivity contribution < 1.29 is 24.1 Å². The van der Waals surface area contributed by atoms with Crippen molar-refractivity contribution in [2.75, 3.05) is 7.11 Å². The molecule has 1 saturated carbocycles. The van der Waals surface area contributed by atoms with Gasteiger partial charge in [0.15, 0.2) is 5.60 Å². The highest BCUT2D eigenvalue weighted by molar-refractivity contribution is 6.10. The van der Waals surface area contributed by atoms with Gasteiger partial charge in [0.25, 0.3) is 0 Å². The molecular weight excluding hydrogens is 456 g/mol. The molecule has 5 atom stereocenters.